The van der Waals surface area contributed by atoms with Crippen molar-refractivity contribution in [2.24, 2.45) is 5.73 Å². The van der Waals surface area contributed by atoms with Crippen molar-refractivity contribution >= 4 is 0 Å². The maximum absolute atomic E-state index is 12.2. The Morgan fingerprint density at radius 1 is 1.50 bits per heavy atom. The van der Waals surface area contributed by atoms with Crippen LogP contribution >= 0.6 is 0 Å². The maximum Gasteiger partial charge on any atom is 0.408 e. The molecule has 16 heavy (non-hydrogen) atoms. The van der Waals surface area contributed by atoms with Gasteiger partial charge in [-0.1, -0.05) is 5.21 Å². The van der Waals surface area contributed by atoms with Crippen molar-refractivity contribution in [2.75, 3.05) is 7.11 Å². The molecule has 5 nitrogen and oxygen atoms in total. The first-order chi connectivity index (χ1) is 7.39. The molecule has 0 amide bonds. The van der Waals surface area contributed by atoms with Crippen LogP contribution in [-0.4, -0.2) is 28.3 Å². The molecule has 1 rings (SSSR count). The molecule has 1 atom stereocenters. The number of aromatic nitrogens is 3. The number of rotatable bonds is 4. The number of ether oxygens (including phenoxy) is 1. The number of nitrogens with zero attached hydrogens (tertiary/aromatic N) is 3. The average Bonchev–Trinajstić information content (AvgIpc) is 2.57. The Bertz CT molecular complexity index is 350. The smallest absolute Gasteiger partial charge is 0.375 e. The van der Waals surface area contributed by atoms with Crippen LogP contribution in [0.2, 0.25) is 0 Å². The van der Waals surface area contributed by atoms with Crippen LogP contribution < -0.4 is 5.73 Å². The molecule has 0 aliphatic heterocycles. The van der Waals surface area contributed by atoms with Crippen LogP contribution in [-0.2, 0) is 17.8 Å². The molecule has 0 aromatic carbocycles. The van der Waals surface area contributed by atoms with Gasteiger partial charge in [0.25, 0.3) is 0 Å². The van der Waals surface area contributed by atoms with Gasteiger partial charge >= 0.3 is 6.18 Å². The minimum absolute atomic E-state index is 0.0287. The number of methoxy groups -OCH3 is 1. The van der Waals surface area contributed by atoms with E-state index < -0.39 is 18.8 Å². The van der Waals surface area contributed by atoms with Gasteiger partial charge in [-0.05, 0) is 6.92 Å². The van der Waals surface area contributed by atoms with E-state index >= 15 is 0 Å². The van der Waals surface area contributed by atoms with Crippen LogP contribution in [0.1, 0.15) is 24.4 Å². The molecule has 0 spiro atoms. The van der Waals surface area contributed by atoms with Gasteiger partial charge < -0.3 is 10.5 Å². The Morgan fingerprint density at radius 3 is 2.56 bits per heavy atom. The summed E-state index contributed by atoms with van der Waals surface area (Å²) in [6.45, 7) is 0.453. The first-order valence-corrected chi connectivity index (χ1v) is 4.61. The van der Waals surface area contributed by atoms with Crippen LogP contribution in [0.4, 0.5) is 13.2 Å². The van der Waals surface area contributed by atoms with E-state index in [2.05, 4.69) is 10.3 Å². The van der Waals surface area contributed by atoms with Gasteiger partial charge in [-0.25, -0.2) is 4.68 Å². The van der Waals surface area contributed by atoms with E-state index in [9.17, 15) is 13.2 Å². The summed E-state index contributed by atoms with van der Waals surface area (Å²) in [5, 5.41) is 7.02. The zero-order chi connectivity index (χ0) is 12.3. The van der Waals surface area contributed by atoms with Gasteiger partial charge in [0.15, 0.2) is 0 Å². The molecule has 92 valence electrons. The molecule has 0 radical (unpaired) electrons. The normalized spacial score (nSPS) is 14.1. The number of hydrogen-bond acceptors (Lipinski definition) is 4. The standard InChI is InChI=1S/C8H13F3N4O/c1-5(16-2)7-6(3-12)13-14-15(7)4-8(9,10)11/h5H,3-4,12H2,1-2H3. The van der Waals surface area contributed by atoms with Crippen molar-refractivity contribution in [1.82, 2.24) is 15.0 Å². The third kappa shape index (κ3) is 2.92. The zero-order valence-corrected chi connectivity index (χ0v) is 8.95. The van der Waals surface area contributed by atoms with E-state index in [0.717, 1.165) is 4.68 Å². The highest BCUT2D eigenvalue weighted by molar-refractivity contribution is 5.12. The van der Waals surface area contributed by atoms with Crippen molar-refractivity contribution in [2.45, 2.75) is 32.3 Å². The van der Waals surface area contributed by atoms with E-state index in [4.69, 9.17) is 10.5 Å². The second kappa shape index (κ2) is 4.79. The monoisotopic (exact) mass is 238 g/mol. The van der Waals surface area contributed by atoms with E-state index in [1.54, 1.807) is 6.92 Å². The highest BCUT2D eigenvalue weighted by Crippen LogP contribution is 2.23. The lowest BCUT2D eigenvalue weighted by Crippen LogP contribution is -2.22. The van der Waals surface area contributed by atoms with Gasteiger partial charge in [-0.2, -0.15) is 13.2 Å². The molecule has 0 fully saturated rings. The second-order valence-electron chi connectivity index (χ2n) is 3.28. The summed E-state index contributed by atoms with van der Waals surface area (Å²) in [7, 11) is 1.40. The SMILES string of the molecule is COC(C)c1c(CN)nnn1CC(F)(F)F. The molecule has 0 aliphatic carbocycles. The number of nitrogens with two attached hydrogens (primary N) is 1. The summed E-state index contributed by atoms with van der Waals surface area (Å²) < 4.78 is 42.5. The van der Waals surface area contributed by atoms with Crippen LogP contribution in [0.25, 0.3) is 0 Å². The molecule has 1 heterocycles. The van der Waals surface area contributed by atoms with Crippen LogP contribution in [0.5, 0.6) is 0 Å². The molecule has 8 heteroatoms. The van der Waals surface area contributed by atoms with Gasteiger partial charge in [-0.15, -0.1) is 5.10 Å². The minimum atomic E-state index is -4.35. The predicted molar refractivity (Wildman–Crippen MR) is 49.4 cm³/mol. The first-order valence-electron chi connectivity index (χ1n) is 4.61. The van der Waals surface area contributed by atoms with E-state index in [1.165, 1.54) is 7.11 Å². The van der Waals surface area contributed by atoms with Crippen LogP contribution in [0.3, 0.4) is 0 Å². The van der Waals surface area contributed by atoms with Crippen molar-refractivity contribution in [3.8, 4) is 0 Å². The summed E-state index contributed by atoms with van der Waals surface area (Å²) in [5.74, 6) is 0. The van der Waals surface area contributed by atoms with Crippen LogP contribution in [0, 0.1) is 0 Å². The molecule has 0 bridgehead atoms. The Morgan fingerprint density at radius 2 is 2.12 bits per heavy atom. The number of alkyl halides is 3. The lowest BCUT2D eigenvalue weighted by molar-refractivity contribution is -0.143. The summed E-state index contributed by atoms with van der Waals surface area (Å²) in [6, 6.07) is 0. The molecular formula is C8H13F3N4O. The fourth-order valence-electron chi connectivity index (χ4n) is 1.34. The Balaban J connectivity index is 3.05. The Kier molecular flexibility index (Phi) is 3.87. The molecule has 2 N–H and O–H groups in total. The third-order valence-electron chi connectivity index (χ3n) is 2.11. The van der Waals surface area contributed by atoms with Gasteiger partial charge in [0.05, 0.1) is 11.8 Å². The predicted octanol–water partition coefficient (Wildman–Crippen LogP) is 1.01. The van der Waals surface area contributed by atoms with Crippen molar-refractivity contribution in [3.05, 3.63) is 11.4 Å². The fraction of sp³-hybridized carbons (Fsp3) is 0.750. The number of halogens is 3. The zero-order valence-electron chi connectivity index (χ0n) is 8.95. The van der Waals surface area contributed by atoms with Gasteiger partial charge in [0.1, 0.15) is 12.2 Å². The lowest BCUT2D eigenvalue weighted by Gasteiger charge is -2.14. The summed E-state index contributed by atoms with van der Waals surface area (Å²) in [6.07, 6.45) is -4.88. The molecule has 1 aromatic heterocycles. The number of hydrogen-bond donors (Lipinski definition) is 1. The van der Waals surface area contributed by atoms with E-state index in [1.807, 2.05) is 0 Å². The topological polar surface area (TPSA) is 66.0 Å². The molecule has 1 unspecified atom stereocenters. The van der Waals surface area contributed by atoms with E-state index in [0.29, 0.717) is 5.69 Å². The molecule has 0 saturated carbocycles. The molecule has 0 aliphatic rings. The van der Waals surface area contributed by atoms with Gasteiger partial charge in [0.2, 0.25) is 0 Å². The molecule has 0 saturated heterocycles. The molecular weight excluding hydrogens is 225 g/mol. The summed E-state index contributed by atoms with van der Waals surface area (Å²) >= 11 is 0. The molecule has 1 aromatic rings. The fourth-order valence-corrected chi connectivity index (χ4v) is 1.34. The highest BCUT2D eigenvalue weighted by Gasteiger charge is 2.31. The highest BCUT2D eigenvalue weighted by atomic mass is 19.4. The lowest BCUT2D eigenvalue weighted by atomic mass is 10.2. The van der Waals surface area contributed by atoms with Crippen molar-refractivity contribution in [3.63, 3.8) is 0 Å². The van der Waals surface area contributed by atoms with Gasteiger partial charge in [-0.3, -0.25) is 0 Å². The summed E-state index contributed by atoms with van der Waals surface area (Å²) in [5.41, 5.74) is 5.95. The minimum Gasteiger partial charge on any atom is -0.375 e. The van der Waals surface area contributed by atoms with Crippen LogP contribution in [0.15, 0.2) is 0 Å². The van der Waals surface area contributed by atoms with Gasteiger partial charge in [0, 0.05) is 13.7 Å². The van der Waals surface area contributed by atoms with Crippen molar-refractivity contribution in [1.29, 1.82) is 0 Å². The van der Waals surface area contributed by atoms with Crippen molar-refractivity contribution < 1.29 is 17.9 Å². The van der Waals surface area contributed by atoms with E-state index in [-0.39, 0.29) is 12.2 Å². The Hall–Kier alpha value is -1.15. The largest absolute Gasteiger partial charge is 0.408 e. The first kappa shape index (κ1) is 12.9. The second-order valence-corrected chi connectivity index (χ2v) is 3.28. The average molecular weight is 238 g/mol. The Labute approximate surface area is 90.4 Å². The quantitative estimate of drug-likeness (QED) is 0.850. The maximum atomic E-state index is 12.2. The third-order valence-corrected chi connectivity index (χ3v) is 2.11. The summed E-state index contributed by atoms with van der Waals surface area (Å²) in [4.78, 5) is 0.